The molecule has 0 aliphatic rings. The second-order valence-electron chi connectivity index (χ2n) is 8.85. The van der Waals surface area contributed by atoms with E-state index in [-0.39, 0.29) is 12.5 Å². The largest absolute Gasteiger partial charge is 0.489 e. The Morgan fingerprint density at radius 3 is 2.39 bits per heavy atom. The van der Waals surface area contributed by atoms with Crippen molar-refractivity contribution in [2.24, 2.45) is 5.92 Å². The molecule has 0 radical (unpaired) electrons. The van der Waals surface area contributed by atoms with Gasteiger partial charge < -0.3 is 19.3 Å². The molecule has 1 N–H and O–H groups in total. The van der Waals surface area contributed by atoms with Gasteiger partial charge in [-0.15, -0.1) is 0 Å². The zero-order valence-electron chi connectivity index (χ0n) is 20.2. The first kappa shape index (κ1) is 25.3. The lowest BCUT2D eigenvalue weighted by molar-refractivity contribution is -0.145. The third-order valence-electron chi connectivity index (χ3n) is 5.51. The number of hydrogen-bond acceptors (Lipinski definition) is 5. The van der Waals surface area contributed by atoms with Gasteiger partial charge in [0.1, 0.15) is 30.5 Å². The first-order chi connectivity index (χ1) is 17.4. The van der Waals surface area contributed by atoms with Gasteiger partial charge >= 0.3 is 5.97 Å². The van der Waals surface area contributed by atoms with E-state index in [4.69, 9.17) is 25.8 Å². The third kappa shape index (κ3) is 6.67. The van der Waals surface area contributed by atoms with Gasteiger partial charge in [-0.05, 0) is 42.7 Å². The van der Waals surface area contributed by atoms with Gasteiger partial charge in [0.25, 0.3) is 0 Å². The molecule has 1 heterocycles. The highest BCUT2D eigenvalue weighted by atomic mass is 35.5. The number of carbonyl (C=O) groups is 1. The van der Waals surface area contributed by atoms with Crippen molar-refractivity contribution in [3.8, 4) is 17.2 Å². The molecule has 4 aromatic rings. The number of benzene rings is 3. The summed E-state index contributed by atoms with van der Waals surface area (Å²) in [6, 6.07) is 24.5. The zero-order chi connectivity index (χ0) is 25.5. The third-order valence-corrected chi connectivity index (χ3v) is 5.81. The molecule has 186 valence electrons. The Balaban J connectivity index is 1.42. The molecule has 7 heteroatoms. The molecule has 0 aliphatic carbocycles. The molecular weight excluding hydrogens is 478 g/mol. The number of fused-ring (bicyclic) bond motifs is 1. The van der Waals surface area contributed by atoms with Crippen LogP contribution in [0.2, 0.25) is 5.02 Å². The highest BCUT2D eigenvalue weighted by Gasteiger charge is 2.23. The Labute approximate surface area is 215 Å². The average molecular weight is 506 g/mol. The van der Waals surface area contributed by atoms with Crippen molar-refractivity contribution in [2.75, 3.05) is 0 Å². The number of hydrogen-bond donors (Lipinski definition) is 1. The molecule has 0 saturated carbocycles. The predicted molar refractivity (Wildman–Crippen MR) is 140 cm³/mol. The van der Waals surface area contributed by atoms with Gasteiger partial charge in [-0.2, -0.15) is 0 Å². The Kier molecular flexibility index (Phi) is 8.28. The standard InChI is InChI=1S/C29H28ClNO5/c1-19(2)15-27(29(32)33)36-28-21(8-5-11-25(28)30)17-34-23-9-6-10-24(16-23)35-18-22-14-13-20-7-3-4-12-26(20)31-22/h3-14,16,19,27H,15,17-18H2,1-2H3,(H,32,33). The van der Waals surface area contributed by atoms with Crippen molar-refractivity contribution < 1.29 is 24.1 Å². The SMILES string of the molecule is CC(C)CC(Oc1c(Cl)cccc1COc1cccc(OCc2ccc3ccccc3n2)c1)C(=O)O. The fraction of sp³-hybridized carbons (Fsp3) is 0.241. The van der Waals surface area contributed by atoms with E-state index in [0.717, 1.165) is 16.6 Å². The number of nitrogens with zero attached hydrogens (tertiary/aromatic N) is 1. The van der Waals surface area contributed by atoms with Crippen LogP contribution in [0.4, 0.5) is 0 Å². The van der Waals surface area contributed by atoms with Crippen LogP contribution in [0.25, 0.3) is 10.9 Å². The number of pyridine rings is 1. The van der Waals surface area contributed by atoms with Gasteiger partial charge in [0.15, 0.2) is 6.10 Å². The Bertz CT molecular complexity index is 1340. The van der Waals surface area contributed by atoms with Gasteiger partial charge in [-0.1, -0.05) is 67.9 Å². The van der Waals surface area contributed by atoms with Crippen LogP contribution in [0.3, 0.4) is 0 Å². The van der Waals surface area contributed by atoms with Crippen LogP contribution < -0.4 is 14.2 Å². The quantitative estimate of drug-likeness (QED) is 0.238. The average Bonchev–Trinajstić information content (AvgIpc) is 2.87. The summed E-state index contributed by atoms with van der Waals surface area (Å²) in [5, 5.41) is 11.0. The van der Waals surface area contributed by atoms with Crippen LogP contribution in [0, 0.1) is 5.92 Å². The molecule has 0 spiro atoms. The van der Waals surface area contributed by atoms with Crippen molar-refractivity contribution in [3.05, 3.63) is 95.1 Å². The van der Waals surface area contributed by atoms with Crippen LogP contribution in [0.5, 0.6) is 17.2 Å². The van der Waals surface area contributed by atoms with E-state index in [1.165, 1.54) is 0 Å². The summed E-state index contributed by atoms with van der Waals surface area (Å²) < 4.78 is 17.8. The first-order valence-electron chi connectivity index (χ1n) is 11.8. The van der Waals surface area contributed by atoms with E-state index in [1.54, 1.807) is 24.3 Å². The summed E-state index contributed by atoms with van der Waals surface area (Å²) in [4.78, 5) is 16.3. The molecule has 6 nitrogen and oxygen atoms in total. The topological polar surface area (TPSA) is 77.9 Å². The van der Waals surface area contributed by atoms with Gasteiger partial charge in [-0.3, -0.25) is 0 Å². The van der Waals surface area contributed by atoms with Crippen LogP contribution in [0.1, 0.15) is 31.5 Å². The highest BCUT2D eigenvalue weighted by molar-refractivity contribution is 6.32. The van der Waals surface area contributed by atoms with E-state index in [2.05, 4.69) is 4.98 Å². The fourth-order valence-electron chi connectivity index (χ4n) is 3.73. The second-order valence-corrected chi connectivity index (χ2v) is 9.26. The molecule has 3 aromatic carbocycles. The Hall–Kier alpha value is -3.77. The van der Waals surface area contributed by atoms with Gasteiger partial charge in [0.2, 0.25) is 0 Å². The maximum absolute atomic E-state index is 11.7. The molecule has 4 rings (SSSR count). The Morgan fingerprint density at radius 2 is 1.64 bits per heavy atom. The fourth-order valence-corrected chi connectivity index (χ4v) is 3.97. The molecule has 36 heavy (non-hydrogen) atoms. The van der Waals surface area contributed by atoms with Crippen LogP contribution >= 0.6 is 11.6 Å². The smallest absolute Gasteiger partial charge is 0.344 e. The summed E-state index contributed by atoms with van der Waals surface area (Å²) in [6.45, 7) is 4.37. The van der Waals surface area contributed by atoms with E-state index >= 15 is 0 Å². The maximum Gasteiger partial charge on any atom is 0.344 e. The molecule has 1 atom stereocenters. The number of aromatic nitrogens is 1. The molecule has 0 bridgehead atoms. The highest BCUT2D eigenvalue weighted by Crippen LogP contribution is 2.32. The monoisotopic (exact) mass is 505 g/mol. The first-order valence-corrected chi connectivity index (χ1v) is 12.1. The van der Waals surface area contributed by atoms with E-state index in [9.17, 15) is 9.90 Å². The van der Waals surface area contributed by atoms with Crippen LogP contribution in [-0.4, -0.2) is 22.2 Å². The molecule has 0 aliphatic heterocycles. The summed E-state index contributed by atoms with van der Waals surface area (Å²) in [5.74, 6) is 0.693. The van der Waals surface area contributed by atoms with E-state index < -0.39 is 12.1 Å². The molecule has 0 fully saturated rings. The summed E-state index contributed by atoms with van der Waals surface area (Å²) in [7, 11) is 0. The number of ether oxygens (including phenoxy) is 3. The number of para-hydroxylation sites is 2. The molecule has 0 amide bonds. The normalized spacial score (nSPS) is 11.9. The number of halogens is 1. The van der Waals surface area contributed by atoms with Gasteiger partial charge in [0.05, 0.1) is 16.2 Å². The van der Waals surface area contributed by atoms with Crippen molar-refractivity contribution >= 4 is 28.5 Å². The van der Waals surface area contributed by atoms with Crippen LogP contribution in [0.15, 0.2) is 78.9 Å². The van der Waals surface area contributed by atoms with Gasteiger partial charge in [0, 0.05) is 17.0 Å². The molecular formula is C29H28ClNO5. The van der Waals surface area contributed by atoms with Crippen molar-refractivity contribution in [1.29, 1.82) is 0 Å². The molecule has 1 unspecified atom stereocenters. The van der Waals surface area contributed by atoms with Crippen LogP contribution in [-0.2, 0) is 18.0 Å². The summed E-state index contributed by atoms with van der Waals surface area (Å²) >= 11 is 6.36. The maximum atomic E-state index is 11.7. The number of aliphatic carboxylic acids is 1. The summed E-state index contributed by atoms with van der Waals surface area (Å²) in [5.41, 5.74) is 2.41. The second kappa shape index (κ2) is 11.8. The van der Waals surface area contributed by atoms with Gasteiger partial charge in [-0.25, -0.2) is 9.78 Å². The van der Waals surface area contributed by atoms with Crippen molar-refractivity contribution in [1.82, 2.24) is 4.98 Å². The zero-order valence-corrected chi connectivity index (χ0v) is 20.9. The minimum atomic E-state index is -1.03. The van der Waals surface area contributed by atoms with E-state index in [0.29, 0.717) is 40.9 Å². The number of rotatable bonds is 11. The lowest BCUT2D eigenvalue weighted by atomic mass is 10.1. The minimum absolute atomic E-state index is 0.152. The Morgan fingerprint density at radius 1 is 0.917 bits per heavy atom. The predicted octanol–water partition coefficient (Wildman–Crippen LogP) is 6.92. The summed E-state index contributed by atoms with van der Waals surface area (Å²) in [6.07, 6.45) is -0.629. The number of carboxylic acids is 1. The lowest BCUT2D eigenvalue weighted by Gasteiger charge is -2.20. The van der Waals surface area contributed by atoms with E-state index in [1.807, 2.05) is 68.4 Å². The van der Waals surface area contributed by atoms with Crippen molar-refractivity contribution in [3.63, 3.8) is 0 Å². The molecule has 0 saturated heterocycles. The molecule has 1 aromatic heterocycles. The lowest BCUT2D eigenvalue weighted by Crippen LogP contribution is -2.29. The number of carboxylic acid groups (broad SMARTS) is 1. The minimum Gasteiger partial charge on any atom is -0.489 e. The van der Waals surface area contributed by atoms with Crippen molar-refractivity contribution in [2.45, 2.75) is 39.6 Å².